The van der Waals surface area contributed by atoms with Crippen LogP contribution in [0.15, 0.2) is 22.7 Å². The molecule has 1 aliphatic heterocycles. The molecule has 1 fully saturated rings. The van der Waals surface area contributed by atoms with E-state index in [9.17, 15) is 9.18 Å². The second kappa shape index (κ2) is 5.80. The minimum Gasteiger partial charge on any atom is -0.349 e. The zero-order valence-corrected chi connectivity index (χ0v) is 11.8. The number of carbonyl (C=O) groups is 1. The fraction of sp³-hybridized carbons (Fsp3) is 0.462. The summed E-state index contributed by atoms with van der Waals surface area (Å²) in [6, 6.07) is 4.38. The Hall–Kier alpha value is -0.940. The van der Waals surface area contributed by atoms with Crippen LogP contribution in [0.4, 0.5) is 4.39 Å². The summed E-state index contributed by atoms with van der Waals surface area (Å²) in [5.41, 5.74) is 0.354. The van der Waals surface area contributed by atoms with Crippen LogP contribution in [0.2, 0.25) is 0 Å². The molecule has 0 aliphatic carbocycles. The standard InChI is InChI=1S/C13H16BrFN2O/c1-8-7-16-3-2-12(8)17-13(18)9-4-10(14)6-11(15)5-9/h4-6,8,12,16H,2-3,7H2,1H3,(H,17,18). The average molecular weight is 315 g/mol. The molecule has 0 spiro atoms. The third kappa shape index (κ3) is 3.29. The molecule has 3 nitrogen and oxygen atoms in total. The van der Waals surface area contributed by atoms with Crippen LogP contribution in [0.5, 0.6) is 0 Å². The van der Waals surface area contributed by atoms with Gasteiger partial charge in [0.2, 0.25) is 0 Å². The minimum atomic E-state index is -0.409. The molecule has 2 atom stereocenters. The Morgan fingerprint density at radius 1 is 1.50 bits per heavy atom. The van der Waals surface area contributed by atoms with Gasteiger partial charge in [0.25, 0.3) is 5.91 Å². The molecule has 1 aromatic carbocycles. The number of rotatable bonds is 2. The van der Waals surface area contributed by atoms with Gasteiger partial charge in [-0.2, -0.15) is 0 Å². The van der Waals surface area contributed by atoms with Gasteiger partial charge in [0.15, 0.2) is 0 Å². The quantitative estimate of drug-likeness (QED) is 0.879. The Morgan fingerprint density at radius 2 is 2.28 bits per heavy atom. The molecule has 0 radical (unpaired) electrons. The van der Waals surface area contributed by atoms with Crippen molar-refractivity contribution in [1.29, 1.82) is 0 Å². The number of amides is 1. The first-order chi connectivity index (χ1) is 8.56. The van der Waals surface area contributed by atoms with Crippen LogP contribution in [-0.2, 0) is 0 Å². The lowest BCUT2D eigenvalue weighted by atomic mass is 9.95. The van der Waals surface area contributed by atoms with Crippen LogP contribution >= 0.6 is 15.9 Å². The summed E-state index contributed by atoms with van der Waals surface area (Å²) in [7, 11) is 0. The lowest BCUT2D eigenvalue weighted by molar-refractivity contribution is 0.0913. The van der Waals surface area contributed by atoms with Crippen molar-refractivity contribution in [3.63, 3.8) is 0 Å². The summed E-state index contributed by atoms with van der Waals surface area (Å²) in [5, 5.41) is 6.25. The van der Waals surface area contributed by atoms with Crippen LogP contribution < -0.4 is 10.6 Å². The molecule has 0 bridgehead atoms. The second-order valence-corrected chi connectivity index (χ2v) is 5.62. The maximum Gasteiger partial charge on any atom is 0.251 e. The van der Waals surface area contributed by atoms with Crippen molar-refractivity contribution in [1.82, 2.24) is 10.6 Å². The Morgan fingerprint density at radius 3 is 2.94 bits per heavy atom. The number of hydrogen-bond acceptors (Lipinski definition) is 2. The van der Waals surface area contributed by atoms with E-state index in [4.69, 9.17) is 0 Å². The summed E-state index contributed by atoms with van der Waals surface area (Å²) in [4.78, 5) is 12.0. The zero-order chi connectivity index (χ0) is 13.1. The van der Waals surface area contributed by atoms with Gasteiger partial charge in [-0.15, -0.1) is 0 Å². The first-order valence-corrected chi connectivity index (χ1v) is 6.83. The van der Waals surface area contributed by atoms with E-state index in [0.717, 1.165) is 19.5 Å². The van der Waals surface area contributed by atoms with Gasteiger partial charge in [0.05, 0.1) is 0 Å². The van der Waals surface area contributed by atoms with Crippen LogP contribution in [0.1, 0.15) is 23.7 Å². The molecule has 18 heavy (non-hydrogen) atoms. The predicted octanol–water partition coefficient (Wildman–Crippen LogP) is 2.32. The van der Waals surface area contributed by atoms with E-state index in [2.05, 4.69) is 33.5 Å². The summed E-state index contributed by atoms with van der Waals surface area (Å²) in [5.74, 6) is -0.235. The molecule has 1 aliphatic rings. The third-order valence-corrected chi connectivity index (χ3v) is 3.68. The first-order valence-electron chi connectivity index (χ1n) is 6.04. The van der Waals surface area contributed by atoms with E-state index < -0.39 is 5.82 Å². The van der Waals surface area contributed by atoms with Gasteiger partial charge in [0.1, 0.15) is 5.82 Å². The highest BCUT2D eigenvalue weighted by atomic mass is 79.9. The van der Waals surface area contributed by atoms with E-state index in [1.807, 2.05) is 0 Å². The normalized spacial score (nSPS) is 23.7. The van der Waals surface area contributed by atoms with Crippen molar-refractivity contribution in [3.8, 4) is 0 Å². The van der Waals surface area contributed by atoms with Crippen molar-refractivity contribution < 1.29 is 9.18 Å². The minimum absolute atomic E-state index is 0.154. The molecule has 2 N–H and O–H groups in total. The van der Waals surface area contributed by atoms with E-state index in [1.165, 1.54) is 12.1 Å². The smallest absolute Gasteiger partial charge is 0.251 e. The Balaban J connectivity index is 2.06. The number of nitrogens with one attached hydrogen (secondary N) is 2. The molecule has 5 heteroatoms. The van der Waals surface area contributed by atoms with Gasteiger partial charge < -0.3 is 10.6 Å². The lowest BCUT2D eigenvalue weighted by Crippen LogP contribution is -2.48. The maximum absolute atomic E-state index is 13.2. The topological polar surface area (TPSA) is 41.1 Å². The summed E-state index contributed by atoms with van der Waals surface area (Å²) >= 11 is 3.19. The highest BCUT2D eigenvalue weighted by molar-refractivity contribution is 9.10. The number of piperidine rings is 1. The monoisotopic (exact) mass is 314 g/mol. The molecular weight excluding hydrogens is 299 g/mol. The van der Waals surface area contributed by atoms with Crippen LogP contribution in [0.25, 0.3) is 0 Å². The largest absolute Gasteiger partial charge is 0.349 e. The van der Waals surface area contributed by atoms with Crippen molar-refractivity contribution in [2.24, 2.45) is 5.92 Å². The number of benzene rings is 1. The molecule has 0 saturated carbocycles. The molecule has 2 rings (SSSR count). The number of carbonyl (C=O) groups excluding carboxylic acids is 1. The number of hydrogen-bond donors (Lipinski definition) is 2. The van der Waals surface area contributed by atoms with Gasteiger partial charge in [0, 0.05) is 16.1 Å². The van der Waals surface area contributed by atoms with E-state index >= 15 is 0 Å². The molecule has 2 unspecified atom stereocenters. The summed E-state index contributed by atoms with van der Waals surface area (Å²) in [6.07, 6.45) is 0.906. The van der Waals surface area contributed by atoms with Gasteiger partial charge in [-0.3, -0.25) is 4.79 Å². The van der Waals surface area contributed by atoms with E-state index in [0.29, 0.717) is 16.0 Å². The van der Waals surface area contributed by atoms with Gasteiger partial charge in [-0.25, -0.2) is 4.39 Å². The van der Waals surface area contributed by atoms with Crippen LogP contribution in [-0.4, -0.2) is 25.0 Å². The Bertz CT molecular complexity index is 432. The van der Waals surface area contributed by atoms with E-state index in [-0.39, 0.29) is 11.9 Å². The Kier molecular flexibility index (Phi) is 4.35. The molecule has 0 aromatic heterocycles. The van der Waals surface area contributed by atoms with Crippen molar-refractivity contribution in [2.45, 2.75) is 19.4 Å². The summed E-state index contributed by atoms with van der Waals surface area (Å²) in [6.45, 7) is 3.90. The molecule has 1 aromatic rings. The van der Waals surface area contributed by atoms with Crippen LogP contribution in [0.3, 0.4) is 0 Å². The molecule has 1 heterocycles. The van der Waals surface area contributed by atoms with Gasteiger partial charge in [-0.1, -0.05) is 22.9 Å². The maximum atomic E-state index is 13.2. The van der Waals surface area contributed by atoms with Gasteiger partial charge in [-0.05, 0) is 43.6 Å². The van der Waals surface area contributed by atoms with Crippen molar-refractivity contribution >= 4 is 21.8 Å². The Labute approximate surface area is 114 Å². The highest BCUT2D eigenvalue weighted by Gasteiger charge is 2.23. The van der Waals surface area contributed by atoms with Crippen molar-refractivity contribution in [2.75, 3.05) is 13.1 Å². The fourth-order valence-electron chi connectivity index (χ4n) is 2.17. The zero-order valence-electron chi connectivity index (χ0n) is 10.2. The highest BCUT2D eigenvalue weighted by Crippen LogP contribution is 2.16. The fourth-order valence-corrected chi connectivity index (χ4v) is 2.63. The number of halogens is 2. The van der Waals surface area contributed by atoms with Crippen LogP contribution in [0, 0.1) is 11.7 Å². The SMILES string of the molecule is CC1CNCCC1NC(=O)c1cc(F)cc(Br)c1. The molecular formula is C13H16BrFN2O. The predicted molar refractivity (Wildman–Crippen MR) is 72.0 cm³/mol. The average Bonchev–Trinajstić information content (AvgIpc) is 2.31. The third-order valence-electron chi connectivity index (χ3n) is 3.23. The molecule has 1 amide bonds. The first kappa shape index (κ1) is 13.5. The summed E-state index contributed by atoms with van der Waals surface area (Å²) < 4.78 is 13.8. The second-order valence-electron chi connectivity index (χ2n) is 4.71. The van der Waals surface area contributed by atoms with Crippen molar-refractivity contribution in [3.05, 3.63) is 34.1 Å². The van der Waals surface area contributed by atoms with Gasteiger partial charge >= 0.3 is 0 Å². The molecule has 1 saturated heterocycles. The lowest BCUT2D eigenvalue weighted by Gasteiger charge is -2.30. The molecule has 98 valence electrons. The van der Waals surface area contributed by atoms with E-state index in [1.54, 1.807) is 6.07 Å².